The van der Waals surface area contributed by atoms with E-state index >= 15 is 0 Å². The first-order valence-corrected chi connectivity index (χ1v) is 12.5. The summed E-state index contributed by atoms with van der Waals surface area (Å²) in [6.07, 6.45) is 17.6. The first-order chi connectivity index (χ1) is 14.2. The molecule has 1 aromatic rings. The van der Waals surface area contributed by atoms with Crippen molar-refractivity contribution >= 4 is 5.97 Å². The number of rotatable bonds is 9. The zero-order valence-corrected chi connectivity index (χ0v) is 18.8. The molecule has 0 N–H and O–H groups in total. The zero-order chi connectivity index (χ0) is 20.5. The van der Waals surface area contributed by atoms with E-state index in [1.165, 1.54) is 76.2 Å². The summed E-state index contributed by atoms with van der Waals surface area (Å²) in [6, 6.07) is 8.27. The van der Waals surface area contributed by atoms with E-state index in [1.54, 1.807) is 0 Å². The fourth-order valence-electron chi connectivity index (χ4n) is 5.65. The summed E-state index contributed by atoms with van der Waals surface area (Å²) < 4.78 is 5.33. The molecule has 0 heterocycles. The average molecular weight is 399 g/mol. The van der Waals surface area contributed by atoms with Gasteiger partial charge in [0.05, 0.1) is 12.2 Å². The molecule has 2 nitrogen and oxygen atoms in total. The molecule has 1 aromatic carbocycles. The van der Waals surface area contributed by atoms with E-state index in [9.17, 15) is 4.79 Å². The lowest BCUT2D eigenvalue weighted by molar-refractivity contribution is 0.0499. The van der Waals surface area contributed by atoms with Gasteiger partial charge in [-0.1, -0.05) is 64.5 Å². The van der Waals surface area contributed by atoms with Crippen molar-refractivity contribution in [3.63, 3.8) is 0 Å². The van der Waals surface area contributed by atoms with E-state index in [-0.39, 0.29) is 5.97 Å². The second-order valence-corrected chi connectivity index (χ2v) is 9.65. The largest absolute Gasteiger partial charge is 0.462 e. The molecule has 0 aromatic heterocycles. The Hall–Kier alpha value is -1.31. The van der Waals surface area contributed by atoms with Gasteiger partial charge in [-0.15, -0.1) is 0 Å². The lowest BCUT2D eigenvalue weighted by Gasteiger charge is -2.38. The third-order valence-corrected chi connectivity index (χ3v) is 7.64. The van der Waals surface area contributed by atoms with Gasteiger partial charge in [0.15, 0.2) is 0 Å². The van der Waals surface area contributed by atoms with E-state index in [4.69, 9.17) is 4.74 Å². The predicted octanol–water partition coefficient (Wildman–Crippen LogP) is 7.91. The summed E-state index contributed by atoms with van der Waals surface area (Å²) in [5.74, 6) is 3.48. The summed E-state index contributed by atoms with van der Waals surface area (Å²) in [7, 11) is 0. The Balaban J connectivity index is 1.42. The van der Waals surface area contributed by atoms with Gasteiger partial charge in [0.1, 0.15) is 0 Å². The molecule has 2 heteroatoms. The van der Waals surface area contributed by atoms with Crippen molar-refractivity contribution in [3.8, 4) is 0 Å². The van der Waals surface area contributed by atoms with Crippen LogP contribution < -0.4 is 0 Å². The molecule has 0 amide bonds. The molecule has 162 valence electrons. The van der Waals surface area contributed by atoms with E-state index in [0.717, 1.165) is 30.6 Å². The second kappa shape index (κ2) is 11.8. The van der Waals surface area contributed by atoms with Crippen LogP contribution in [0.4, 0.5) is 0 Å². The summed E-state index contributed by atoms with van der Waals surface area (Å²) in [6.45, 7) is 4.95. The quantitative estimate of drug-likeness (QED) is 0.312. The van der Waals surface area contributed by atoms with Crippen LogP contribution in [-0.2, 0) is 4.74 Å². The van der Waals surface area contributed by atoms with Crippen molar-refractivity contribution in [1.29, 1.82) is 0 Å². The molecule has 2 aliphatic carbocycles. The van der Waals surface area contributed by atoms with E-state index in [1.807, 2.05) is 12.1 Å². The monoisotopic (exact) mass is 398 g/mol. The maximum Gasteiger partial charge on any atom is 0.338 e. The number of ether oxygens (including phenoxy) is 1. The van der Waals surface area contributed by atoms with Crippen molar-refractivity contribution in [1.82, 2.24) is 0 Å². The Labute approximate surface area is 178 Å². The smallest absolute Gasteiger partial charge is 0.338 e. The third kappa shape index (κ3) is 6.59. The van der Waals surface area contributed by atoms with Crippen molar-refractivity contribution in [2.24, 2.45) is 17.8 Å². The lowest BCUT2D eigenvalue weighted by atomic mass is 9.68. The van der Waals surface area contributed by atoms with Gasteiger partial charge >= 0.3 is 5.97 Å². The summed E-state index contributed by atoms with van der Waals surface area (Å²) in [5, 5.41) is 0. The van der Waals surface area contributed by atoms with Crippen LogP contribution in [0.5, 0.6) is 0 Å². The van der Waals surface area contributed by atoms with Crippen LogP contribution in [0.3, 0.4) is 0 Å². The molecular weight excluding hydrogens is 356 g/mol. The van der Waals surface area contributed by atoms with E-state index in [2.05, 4.69) is 26.0 Å². The third-order valence-electron chi connectivity index (χ3n) is 7.64. The molecule has 0 radical (unpaired) electrons. The predicted molar refractivity (Wildman–Crippen MR) is 121 cm³/mol. The van der Waals surface area contributed by atoms with Crippen LogP contribution in [0.2, 0.25) is 0 Å². The summed E-state index contributed by atoms with van der Waals surface area (Å²) >= 11 is 0. The van der Waals surface area contributed by atoms with Gasteiger partial charge in [-0.2, -0.15) is 0 Å². The molecule has 0 saturated heterocycles. The van der Waals surface area contributed by atoms with Crippen LogP contribution in [-0.4, -0.2) is 12.6 Å². The fraction of sp³-hybridized carbons (Fsp3) is 0.741. The number of hydrogen-bond donors (Lipinski definition) is 0. The maximum absolute atomic E-state index is 12.1. The first-order valence-electron chi connectivity index (χ1n) is 12.5. The Morgan fingerprint density at radius 3 is 2.00 bits per heavy atom. The Kier molecular flexibility index (Phi) is 9.08. The first kappa shape index (κ1) is 22.4. The number of esters is 1. The van der Waals surface area contributed by atoms with Gasteiger partial charge in [-0.3, -0.25) is 0 Å². The second-order valence-electron chi connectivity index (χ2n) is 9.65. The number of benzene rings is 1. The number of carbonyl (C=O) groups is 1. The number of carbonyl (C=O) groups excluding carboxylic acids is 1. The average Bonchev–Trinajstić information content (AvgIpc) is 2.78. The highest BCUT2D eigenvalue weighted by Gasteiger charge is 2.31. The van der Waals surface area contributed by atoms with Gasteiger partial charge in [-0.25, -0.2) is 4.79 Å². The van der Waals surface area contributed by atoms with Crippen LogP contribution in [0.1, 0.15) is 119 Å². The zero-order valence-electron chi connectivity index (χ0n) is 18.8. The van der Waals surface area contributed by atoms with Crippen molar-refractivity contribution in [3.05, 3.63) is 35.4 Å². The molecule has 2 aliphatic rings. The minimum absolute atomic E-state index is 0.178. The molecular formula is C27H42O2. The number of unbranched alkanes of at least 4 members (excludes halogenated alkanes) is 2. The highest BCUT2D eigenvalue weighted by Crippen LogP contribution is 2.44. The van der Waals surface area contributed by atoms with Gasteiger partial charge < -0.3 is 4.74 Å². The SMILES string of the molecule is CCCCOC(=O)c1ccc(C2CCC(C3CCC(CCCC)CC3)CC2)cc1. The summed E-state index contributed by atoms with van der Waals surface area (Å²) in [4.78, 5) is 12.1. The molecule has 0 spiro atoms. The molecule has 0 bridgehead atoms. The standard InChI is InChI=1S/C27H42O2/c1-3-5-7-21-8-10-22(11-9-21)23-12-14-24(15-13-23)25-16-18-26(19-17-25)27(28)29-20-6-4-2/h16-19,21-24H,3-15,20H2,1-2H3. The van der Waals surface area contributed by atoms with E-state index in [0.29, 0.717) is 18.1 Å². The molecule has 0 atom stereocenters. The molecule has 29 heavy (non-hydrogen) atoms. The van der Waals surface area contributed by atoms with Crippen molar-refractivity contribution in [2.75, 3.05) is 6.61 Å². The van der Waals surface area contributed by atoms with E-state index < -0.39 is 0 Å². The molecule has 0 unspecified atom stereocenters. The highest BCUT2D eigenvalue weighted by molar-refractivity contribution is 5.89. The highest BCUT2D eigenvalue weighted by atomic mass is 16.5. The minimum Gasteiger partial charge on any atom is -0.462 e. The van der Waals surface area contributed by atoms with Gasteiger partial charge in [0.25, 0.3) is 0 Å². The fourth-order valence-corrected chi connectivity index (χ4v) is 5.65. The van der Waals surface area contributed by atoms with Gasteiger partial charge in [0.2, 0.25) is 0 Å². The van der Waals surface area contributed by atoms with Crippen LogP contribution in [0.25, 0.3) is 0 Å². The molecule has 2 saturated carbocycles. The number of hydrogen-bond acceptors (Lipinski definition) is 2. The normalized spacial score (nSPS) is 27.5. The topological polar surface area (TPSA) is 26.3 Å². The van der Waals surface area contributed by atoms with Crippen molar-refractivity contribution < 1.29 is 9.53 Å². The Morgan fingerprint density at radius 1 is 0.828 bits per heavy atom. The Morgan fingerprint density at radius 2 is 1.41 bits per heavy atom. The lowest BCUT2D eigenvalue weighted by Crippen LogP contribution is -2.25. The Bertz CT molecular complexity index is 589. The van der Waals surface area contributed by atoms with Crippen LogP contribution in [0, 0.1) is 17.8 Å². The molecule has 2 fully saturated rings. The summed E-state index contributed by atoms with van der Waals surface area (Å²) in [5.41, 5.74) is 2.11. The molecule has 3 rings (SSSR count). The van der Waals surface area contributed by atoms with Crippen LogP contribution in [0.15, 0.2) is 24.3 Å². The van der Waals surface area contributed by atoms with Gasteiger partial charge in [0, 0.05) is 0 Å². The van der Waals surface area contributed by atoms with Crippen molar-refractivity contribution in [2.45, 2.75) is 103 Å². The minimum atomic E-state index is -0.178. The van der Waals surface area contributed by atoms with Gasteiger partial charge in [-0.05, 0) is 86.3 Å². The maximum atomic E-state index is 12.1. The van der Waals surface area contributed by atoms with Crippen LogP contribution >= 0.6 is 0 Å². The molecule has 0 aliphatic heterocycles.